The molecule has 5 N–H and O–H groups in total. The molecule has 118 valence electrons. The standard InChI is InChI=1S/C12H12N2O3.C2H5NO2/c1-2-12(8-6-4-3-5-7-8)9(15)13-11(17)14-10(12)16;3-1-2(4)5/h3-7H,2H2,1H3,(H2,13,14,15,16,17);1,3H2,(H,4,5). The molecule has 1 saturated heterocycles. The summed E-state index contributed by atoms with van der Waals surface area (Å²) in [6.07, 6.45) is 0.294. The molecule has 0 aromatic heterocycles. The fourth-order valence-electron chi connectivity index (χ4n) is 2.06. The van der Waals surface area contributed by atoms with Gasteiger partial charge in [-0.25, -0.2) is 4.79 Å². The van der Waals surface area contributed by atoms with E-state index in [2.05, 4.69) is 16.4 Å². The highest BCUT2D eigenvalue weighted by Gasteiger charge is 2.50. The molecular weight excluding hydrogens is 290 g/mol. The Labute approximate surface area is 126 Å². The number of imide groups is 2. The highest BCUT2D eigenvalue weighted by atomic mass is 16.4. The van der Waals surface area contributed by atoms with Crippen molar-refractivity contribution in [2.75, 3.05) is 6.54 Å². The second kappa shape index (κ2) is 7.32. The number of carbonyl (C=O) groups excluding carboxylic acids is 3. The van der Waals surface area contributed by atoms with E-state index in [-0.39, 0.29) is 6.54 Å². The molecule has 8 nitrogen and oxygen atoms in total. The first-order chi connectivity index (χ1) is 10.4. The molecule has 0 unspecified atom stereocenters. The predicted octanol–water partition coefficient (Wildman–Crippen LogP) is -0.270. The Morgan fingerprint density at radius 3 is 1.95 bits per heavy atom. The van der Waals surface area contributed by atoms with Crippen molar-refractivity contribution in [2.45, 2.75) is 18.8 Å². The van der Waals surface area contributed by atoms with E-state index in [4.69, 9.17) is 5.11 Å². The molecule has 4 amide bonds. The zero-order valence-corrected chi connectivity index (χ0v) is 12.0. The first-order valence-electron chi connectivity index (χ1n) is 6.52. The predicted molar refractivity (Wildman–Crippen MR) is 76.8 cm³/mol. The molecule has 0 aliphatic carbocycles. The van der Waals surface area contributed by atoms with E-state index in [9.17, 15) is 19.2 Å². The van der Waals surface area contributed by atoms with Crippen LogP contribution in [-0.2, 0) is 19.8 Å². The molecule has 22 heavy (non-hydrogen) atoms. The minimum atomic E-state index is -1.31. The van der Waals surface area contributed by atoms with Gasteiger partial charge >= 0.3 is 12.0 Å². The van der Waals surface area contributed by atoms with E-state index in [1.165, 1.54) is 0 Å². The van der Waals surface area contributed by atoms with Crippen molar-refractivity contribution < 1.29 is 24.3 Å². The van der Waals surface area contributed by atoms with Crippen LogP contribution in [0.3, 0.4) is 0 Å². The van der Waals surface area contributed by atoms with E-state index in [0.29, 0.717) is 12.0 Å². The first-order valence-corrected chi connectivity index (χ1v) is 6.52. The Balaban J connectivity index is 0.000000422. The van der Waals surface area contributed by atoms with Gasteiger partial charge in [-0.1, -0.05) is 37.3 Å². The van der Waals surface area contributed by atoms with Crippen molar-refractivity contribution in [1.82, 2.24) is 10.6 Å². The summed E-state index contributed by atoms with van der Waals surface area (Å²) in [6.45, 7) is 1.46. The maximum atomic E-state index is 12.0. The summed E-state index contributed by atoms with van der Waals surface area (Å²) in [7, 11) is 0. The van der Waals surface area contributed by atoms with Crippen LogP contribution in [0.2, 0.25) is 0 Å². The lowest BCUT2D eigenvalue weighted by atomic mass is 9.75. The van der Waals surface area contributed by atoms with Crippen LogP contribution in [0.5, 0.6) is 0 Å². The van der Waals surface area contributed by atoms with Gasteiger partial charge in [-0.3, -0.25) is 25.0 Å². The van der Waals surface area contributed by atoms with E-state index in [1.54, 1.807) is 37.3 Å². The van der Waals surface area contributed by atoms with Gasteiger partial charge in [0.2, 0.25) is 11.8 Å². The molecule has 1 heterocycles. The molecule has 0 atom stereocenters. The number of amides is 4. The summed E-state index contributed by atoms with van der Waals surface area (Å²) in [5, 5.41) is 11.9. The summed E-state index contributed by atoms with van der Waals surface area (Å²) in [5.41, 5.74) is 3.85. The highest BCUT2D eigenvalue weighted by molar-refractivity contribution is 6.22. The van der Waals surface area contributed by atoms with Gasteiger partial charge in [0, 0.05) is 0 Å². The van der Waals surface area contributed by atoms with E-state index < -0.39 is 29.2 Å². The number of nitrogens with two attached hydrogens (primary N) is 1. The Morgan fingerprint density at radius 1 is 1.14 bits per heavy atom. The van der Waals surface area contributed by atoms with E-state index in [0.717, 1.165) is 0 Å². The minimum Gasteiger partial charge on any atom is -0.480 e. The molecule has 0 spiro atoms. The van der Waals surface area contributed by atoms with Gasteiger partial charge in [-0.15, -0.1) is 0 Å². The van der Waals surface area contributed by atoms with Crippen LogP contribution >= 0.6 is 0 Å². The Bertz CT molecular complexity index is 565. The number of barbiturate groups is 1. The van der Waals surface area contributed by atoms with Gasteiger partial charge in [0.05, 0.1) is 6.54 Å². The van der Waals surface area contributed by atoms with Crippen LogP contribution in [0.1, 0.15) is 18.9 Å². The molecule has 0 saturated carbocycles. The second-order valence-corrected chi connectivity index (χ2v) is 4.46. The molecule has 1 aromatic carbocycles. The second-order valence-electron chi connectivity index (χ2n) is 4.46. The zero-order valence-electron chi connectivity index (χ0n) is 12.0. The molecule has 2 rings (SSSR count). The monoisotopic (exact) mass is 307 g/mol. The third-order valence-corrected chi connectivity index (χ3v) is 3.20. The van der Waals surface area contributed by atoms with Crippen molar-refractivity contribution >= 4 is 23.8 Å². The fourth-order valence-corrected chi connectivity index (χ4v) is 2.06. The number of urea groups is 1. The number of carbonyl (C=O) groups is 4. The number of carboxylic acid groups (broad SMARTS) is 1. The fraction of sp³-hybridized carbons (Fsp3) is 0.286. The summed E-state index contributed by atoms with van der Waals surface area (Å²) >= 11 is 0. The van der Waals surface area contributed by atoms with Crippen molar-refractivity contribution in [3.63, 3.8) is 0 Å². The van der Waals surface area contributed by atoms with E-state index >= 15 is 0 Å². The van der Waals surface area contributed by atoms with Crippen LogP contribution in [0.25, 0.3) is 0 Å². The van der Waals surface area contributed by atoms with Gasteiger partial charge in [-0.2, -0.15) is 0 Å². The van der Waals surface area contributed by atoms with Gasteiger partial charge < -0.3 is 10.8 Å². The SMILES string of the molecule is CCC1(c2ccccc2)C(=O)NC(=O)NC1=O.NCC(=O)O. The number of rotatable bonds is 3. The number of nitrogens with one attached hydrogen (secondary N) is 2. The quantitative estimate of drug-likeness (QED) is 0.567. The van der Waals surface area contributed by atoms with Crippen LogP contribution in [0.4, 0.5) is 4.79 Å². The Morgan fingerprint density at radius 2 is 1.59 bits per heavy atom. The van der Waals surface area contributed by atoms with Crippen molar-refractivity contribution in [3.05, 3.63) is 35.9 Å². The lowest BCUT2D eigenvalue weighted by Crippen LogP contribution is -2.64. The normalized spacial score (nSPS) is 16.0. The molecule has 1 aliphatic rings. The third-order valence-electron chi connectivity index (χ3n) is 3.20. The van der Waals surface area contributed by atoms with E-state index in [1.807, 2.05) is 0 Å². The van der Waals surface area contributed by atoms with Gasteiger partial charge in [0.15, 0.2) is 5.41 Å². The Hall–Kier alpha value is -2.74. The summed E-state index contributed by atoms with van der Waals surface area (Å²) in [5.74, 6) is -2.11. The van der Waals surface area contributed by atoms with Gasteiger partial charge in [0.1, 0.15) is 0 Å². The molecule has 1 aliphatic heterocycles. The molecule has 0 radical (unpaired) electrons. The number of aliphatic carboxylic acids is 1. The average Bonchev–Trinajstić information content (AvgIpc) is 2.49. The average molecular weight is 307 g/mol. The number of benzene rings is 1. The minimum absolute atomic E-state index is 0.278. The smallest absolute Gasteiger partial charge is 0.328 e. The largest absolute Gasteiger partial charge is 0.480 e. The lowest BCUT2D eigenvalue weighted by Gasteiger charge is -2.33. The van der Waals surface area contributed by atoms with Crippen LogP contribution in [-0.4, -0.2) is 35.5 Å². The third kappa shape index (κ3) is 3.47. The maximum absolute atomic E-state index is 12.0. The molecule has 0 bridgehead atoms. The van der Waals surface area contributed by atoms with Crippen LogP contribution in [0, 0.1) is 0 Å². The van der Waals surface area contributed by atoms with Gasteiger partial charge in [0.25, 0.3) is 0 Å². The molecule has 1 aromatic rings. The topological polar surface area (TPSA) is 139 Å². The molecule has 8 heteroatoms. The highest BCUT2D eigenvalue weighted by Crippen LogP contribution is 2.30. The first kappa shape index (κ1) is 17.3. The summed E-state index contributed by atoms with van der Waals surface area (Å²) in [4.78, 5) is 44.2. The maximum Gasteiger partial charge on any atom is 0.328 e. The van der Waals surface area contributed by atoms with Crippen molar-refractivity contribution in [1.29, 1.82) is 0 Å². The molecular formula is C14H17N3O5. The van der Waals surface area contributed by atoms with Crippen LogP contribution < -0.4 is 16.4 Å². The lowest BCUT2D eigenvalue weighted by molar-refractivity contribution is -0.139. The van der Waals surface area contributed by atoms with Gasteiger partial charge in [-0.05, 0) is 12.0 Å². The Kier molecular flexibility index (Phi) is 5.76. The molecule has 1 fully saturated rings. The number of hydrogen-bond acceptors (Lipinski definition) is 5. The van der Waals surface area contributed by atoms with Crippen molar-refractivity contribution in [2.24, 2.45) is 5.73 Å². The number of hydrogen-bond donors (Lipinski definition) is 4. The van der Waals surface area contributed by atoms with Crippen molar-refractivity contribution in [3.8, 4) is 0 Å². The zero-order chi connectivity index (χ0) is 16.8. The summed E-state index contributed by atoms with van der Waals surface area (Å²) < 4.78 is 0. The van der Waals surface area contributed by atoms with Crippen LogP contribution in [0.15, 0.2) is 30.3 Å². The summed E-state index contributed by atoms with van der Waals surface area (Å²) in [6, 6.07) is 7.96. The number of carboxylic acids is 1.